The first kappa shape index (κ1) is 13.5. The van der Waals surface area contributed by atoms with Crippen LogP contribution < -0.4 is 0 Å². The first-order valence-electron chi connectivity index (χ1n) is 6.01. The summed E-state index contributed by atoms with van der Waals surface area (Å²) in [6.45, 7) is 3.37. The molecule has 0 bridgehead atoms. The fourth-order valence-corrected chi connectivity index (χ4v) is 2.29. The van der Waals surface area contributed by atoms with Crippen LogP contribution in [-0.4, -0.2) is 45.8 Å². The molecule has 0 amide bonds. The predicted molar refractivity (Wildman–Crippen MR) is 62.4 cm³/mol. The van der Waals surface area contributed by atoms with Crippen molar-refractivity contribution >= 4 is 5.97 Å². The zero-order valence-corrected chi connectivity index (χ0v) is 10.4. The Morgan fingerprint density at radius 2 is 1.81 bits per heavy atom. The molecule has 0 aromatic heterocycles. The molecule has 2 unspecified atom stereocenters. The van der Waals surface area contributed by atoms with Crippen molar-refractivity contribution in [2.75, 3.05) is 7.05 Å². The van der Waals surface area contributed by atoms with E-state index in [0.717, 1.165) is 32.1 Å². The molecule has 2 N–H and O–H groups in total. The maximum atomic E-state index is 11.2. The number of nitrogens with zero attached hydrogens (tertiary/aromatic N) is 1. The third-order valence-corrected chi connectivity index (χ3v) is 3.85. The van der Waals surface area contributed by atoms with Crippen molar-refractivity contribution in [2.45, 2.75) is 63.6 Å². The zero-order valence-electron chi connectivity index (χ0n) is 10.4. The van der Waals surface area contributed by atoms with Gasteiger partial charge in [0, 0.05) is 6.04 Å². The Kier molecular flexibility index (Phi) is 4.33. The van der Waals surface area contributed by atoms with Crippen LogP contribution in [0.4, 0.5) is 0 Å². The quantitative estimate of drug-likeness (QED) is 0.720. The lowest BCUT2D eigenvalue weighted by molar-refractivity contribution is -0.151. The molecule has 0 radical (unpaired) electrons. The van der Waals surface area contributed by atoms with E-state index in [1.807, 2.05) is 4.90 Å². The number of likely N-dealkylation sites (N-methyl/N-ethyl adjacent to an activating group) is 1. The van der Waals surface area contributed by atoms with E-state index in [-0.39, 0.29) is 6.04 Å². The number of hydrogen-bond donors (Lipinski definition) is 2. The van der Waals surface area contributed by atoms with E-state index in [1.54, 1.807) is 20.9 Å². The highest BCUT2D eigenvalue weighted by Gasteiger charge is 2.38. The van der Waals surface area contributed by atoms with Gasteiger partial charge < -0.3 is 10.2 Å². The largest absolute Gasteiger partial charge is 0.480 e. The molecule has 16 heavy (non-hydrogen) atoms. The normalized spacial score (nSPS) is 27.8. The highest BCUT2D eigenvalue weighted by Crippen LogP contribution is 2.26. The molecule has 1 saturated carbocycles. The minimum Gasteiger partial charge on any atom is -0.480 e. The zero-order chi connectivity index (χ0) is 12.3. The third kappa shape index (κ3) is 2.74. The van der Waals surface area contributed by atoms with E-state index in [2.05, 4.69) is 0 Å². The molecular weight excluding hydrogens is 206 g/mol. The van der Waals surface area contributed by atoms with Crippen molar-refractivity contribution < 1.29 is 15.0 Å². The van der Waals surface area contributed by atoms with Crippen molar-refractivity contribution in [2.24, 2.45) is 0 Å². The van der Waals surface area contributed by atoms with Gasteiger partial charge in [0.25, 0.3) is 0 Å². The second kappa shape index (κ2) is 5.15. The van der Waals surface area contributed by atoms with E-state index >= 15 is 0 Å². The standard InChI is InChI=1S/C12H23NO3/c1-12(2,11(15)16)13(3)9-7-5-4-6-8-10(9)14/h9-10,14H,4-8H2,1-3H3,(H,15,16). The van der Waals surface area contributed by atoms with Crippen LogP contribution in [0.1, 0.15) is 46.0 Å². The van der Waals surface area contributed by atoms with E-state index in [1.165, 1.54) is 0 Å². The lowest BCUT2D eigenvalue weighted by Gasteiger charge is -2.39. The van der Waals surface area contributed by atoms with Crippen LogP contribution in [0.25, 0.3) is 0 Å². The predicted octanol–water partition coefficient (Wildman–Crippen LogP) is 1.47. The molecule has 2 atom stereocenters. The Balaban J connectivity index is 2.77. The summed E-state index contributed by atoms with van der Waals surface area (Å²) in [5, 5.41) is 19.2. The van der Waals surface area contributed by atoms with Gasteiger partial charge >= 0.3 is 5.97 Å². The van der Waals surface area contributed by atoms with Gasteiger partial charge in [-0.25, -0.2) is 0 Å². The summed E-state index contributed by atoms with van der Waals surface area (Å²) < 4.78 is 0. The fourth-order valence-electron chi connectivity index (χ4n) is 2.29. The number of hydrogen-bond acceptors (Lipinski definition) is 3. The summed E-state index contributed by atoms with van der Waals surface area (Å²) in [7, 11) is 1.80. The minimum atomic E-state index is -0.921. The van der Waals surface area contributed by atoms with Gasteiger partial charge in [-0.3, -0.25) is 9.69 Å². The van der Waals surface area contributed by atoms with Crippen LogP contribution in [0.2, 0.25) is 0 Å². The van der Waals surface area contributed by atoms with Crippen molar-refractivity contribution in [1.82, 2.24) is 4.90 Å². The second-order valence-corrected chi connectivity index (χ2v) is 5.25. The van der Waals surface area contributed by atoms with Crippen LogP contribution >= 0.6 is 0 Å². The number of aliphatic hydroxyl groups excluding tert-OH is 1. The highest BCUT2D eigenvalue weighted by molar-refractivity contribution is 5.77. The smallest absolute Gasteiger partial charge is 0.323 e. The Labute approximate surface area is 97.3 Å². The molecule has 4 nitrogen and oxygen atoms in total. The van der Waals surface area contributed by atoms with Crippen molar-refractivity contribution in [3.05, 3.63) is 0 Å². The van der Waals surface area contributed by atoms with Gasteiger partial charge in [0.1, 0.15) is 5.54 Å². The summed E-state index contributed by atoms with van der Waals surface area (Å²) in [5.74, 6) is -0.841. The van der Waals surface area contributed by atoms with Gasteiger partial charge in [0.15, 0.2) is 0 Å². The summed E-state index contributed by atoms with van der Waals surface area (Å²) >= 11 is 0. The molecule has 94 valence electrons. The summed E-state index contributed by atoms with van der Waals surface area (Å²) in [4.78, 5) is 13.0. The van der Waals surface area contributed by atoms with Crippen LogP contribution in [0.3, 0.4) is 0 Å². The highest BCUT2D eigenvalue weighted by atomic mass is 16.4. The van der Waals surface area contributed by atoms with Gasteiger partial charge in [-0.1, -0.05) is 19.3 Å². The Hall–Kier alpha value is -0.610. The molecule has 0 spiro atoms. The van der Waals surface area contributed by atoms with E-state index < -0.39 is 17.6 Å². The number of rotatable bonds is 3. The Bertz CT molecular complexity index is 253. The summed E-state index contributed by atoms with van der Waals surface area (Å²) in [6.07, 6.45) is 4.51. The van der Waals surface area contributed by atoms with Crippen LogP contribution in [0.5, 0.6) is 0 Å². The lowest BCUT2D eigenvalue weighted by atomic mass is 9.96. The molecule has 0 saturated heterocycles. The van der Waals surface area contributed by atoms with Gasteiger partial charge in [-0.2, -0.15) is 0 Å². The average Bonchev–Trinajstić information content (AvgIpc) is 2.41. The second-order valence-electron chi connectivity index (χ2n) is 5.25. The molecule has 0 aromatic carbocycles. The summed E-state index contributed by atoms with van der Waals surface area (Å²) in [5.41, 5.74) is -0.921. The molecule has 0 aliphatic heterocycles. The van der Waals surface area contributed by atoms with Gasteiger partial charge in [-0.15, -0.1) is 0 Å². The minimum absolute atomic E-state index is 0.0337. The van der Waals surface area contributed by atoms with E-state index in [0.29, 0.717) is 0 Å². The first-order chi connectivity index (χ1) is 7.37. The maximum Gasteiger partial charge on any atom is 0.323 e. The monoisotopic (exact) mass is 229 g/mol. The molecular formula is C12H23NO3. The number of aliphatic carboxylic acids is 1. The molecule has 0 aromatic rings. The number of carboxylic acids is 1. The van der Waals surface area contributed by atoms with Crippen molar-refractivity contribution in [3.63, 3.8) is 0 Å². The molecule has 1 fully saturated rings. The van der Waals surface area contributed by atoms with Gasteiger partial charge in [0.2, 0.25) is 0 Å². The third-order valence-electron chi connectivity index (χ3n) is 3.85. The Morgan fingerprint density at radius 1 is 1.25 bits per heavy atom. The molecule has 1 aliphatic rings. The van der Waals surface area contributed by atoms with Crippen LogP contribution in [0.15, 0.2) is 0 Å². The van der Waals surface area contributed by atoms with Crippen LogP contribution in [-0.2, 0) is 4.79 Å². The molecule has 0 heterocycles. The molecule has 1 aliphatic carbocycles. The summed E-state index contributed by atoms with van der Waals surface area (Å²) in [6, 6.07) is -0.0337. The number of carbonyl (C=O) groups is 1. The lowest BCUT2D eigenvalue weighted by Crippen LogP contribution is -2.55. The first-order valence-corrected chi connectivity index (χ1v) is 6.01. The van der Waals surface area contributed by atoms with Gasteiger partial charge in [0.05, 0.1) is 6.10 Å². The maximum absolute atomic E-state index is 11.2. The number of carboxylic acid groups (broad SMARTS) is 1. The van der Waals surface area contributed by atoms with Crippen molar-refractivity contribution in [1.29, 1.82) is 0 Å². The topological polar surface area (TPSA) is 60.8 Å². The van der Waals surface area contributed by atoms with Crippen LogP contribution in [0, 0.1) is 0 Å². The van der Waals surface area contributed by atoms with E-state index in [9.17, 15) is 15.0 Å². The SMILES string of the molecule is CN(C1CCCCCC1O)C(C)(C)C(=O)O. The number of aliphatic hydroxyl groups is 1. The Morgan fingerprint density at radius 3 is 2.38 bits per heavy atom. The van der Waals surface area contributed by atoms with E-state index in [4.69, 9.17) is 0 Å². The fraction of sp³-hybridized carbons (Fsp3) is 0.917. The van der Waals surface area contributed by atoms with Crippen molar-refractivity contribution in [3.8, 4) is 0 Å². The molecule has 1 rings (SSSR count). The van der Waals surface area contributed by atoms with Gasteiger partial charge in [-0.05, 0) is 33.7 Å². The average molecular weight is 229 g/mol. The molecule has 4 heteroatoms.